The molecule has 5 aromatic carbocycles. The third kappa shape index (κ3) is 3.76. The van der Waals surface area contributed by atoms with E-state index in [4.69, 9.17) is 16.0 Å². The average Bonchev–Trinajstić information content (AvgIpc) is 3.57. The summed E-state index contributed by atoms with van der Waals surface area (Å²) in [6.07, 6.45) is 3.69. The molecule has 0 aliphatic carbocycles. The molecule has 0 aliphatic rings. The Morgan fingerprint density at radius 2 is 1.35 bits per heavy atom. The van der Waals surface area contributed by atoms with Gasteiger partial charge in [0.15, 0.2) is 0 Å². The molecule has 0 radical (unpaired) electrons. The summed E-state index contributed by atoms with van der Waals surface area (Å²) in [6, 6.07) is 40.1. The molecule has 8 aromatic rings. The first-order valence-corrected chi connectivity index (χ1v) is 14.2. The lowest BCUT2D eigenvalue weighted by atomic mass is 10.1. The Kier molecular flexibility index (Phi) is 5.37. The van der Waals surface area contributed by atoms with Gasteiger partial charge in [0.05, 0.1) is 9.72 Å². The highest BCUT2D eigenvalue weighted by molar-refractivity contribution is 7.26. The van der Waals surface area contributed by atoms with Gasteiger partial charge in [-0.05, 0) is 77.9 Å². The number of fused-ring (bicyclic) bond motifs is 6. The highest BCUT2D eigenvalue weighted by Gasteiger charge is 2.17. The molecule has 0 saturated heterocycles. The zero-order chi connectivity index (χ0) is 26.6. The summed E-state index contributed by atoms with van der Waals surface area (Å²) in [5.74, 6) is 0. The second-order valence-electron chi connectivity index (χ2n) is 9.80. The molecule has 8 rings (SSSR count). The van der Waals surface area contributed by atoms with E-state index in [9.17, 15) is 0 Å². The monoisotopic (exact) mass is 552 g/mol. The number of thiophene rings is 1. The zero-order valence-electron chi connectivity index (χ0n) is 21.2. The molecule has 0 fully saturated rings. The molecule has 0 atom stereocenters. The van der Waals surface area contributed by atoms with Crippen molar-refractivity contribution in [2.75, 3.05) is 4.90 Å². The van der Waals surface area contributed by atoms with Gasteiger partial charge >= 0.3 is 0 Å². The topological polar surface area (TPSA) is 29.3 Å². The minimum atomic E-state index is 0.792. The maximum absolute atomic E-state index is 6.57. The van der Waals surface area contributed by atoms with E-state index in [0.29, 0.717) is 0 Å². The molecule has 0 aliphatic heterocycles. The van der Waals surface area contributed by atoms with Crippen molar-refractivity contribution >= 4 is 82.1 Å². The lowest BCUT2D eigenvalue weighted by Gasteiger charge is -2.26. The number of aromatic nitrogens is 1. The second-order valence-corrected chi connectivity index (χ2v) is 11.3. The predicted octanol–water partition coefficient (Wildman–Crippen LogP) is 11.1. The van der Waals surface area contributed by atoms with Crippen LogP contribution in [0.4, 0.5) is 17.1 Å². The van der Waals surface area contributed by atoms with E-state index in [0.717, 1.165) is 59.9 Å². The third-order valence-corrected chi connectivity index (χ3v) is 9.08. The van der Waals surface area contributed by atoms with Crippen molar-refractivity contribution in [1.82, 2.24) is 4.98 Å². The van der Waals surface area contributed by atoms with Crippen molar-refractivity contribution in [3.63, 3.8) is 0 Å². The van der Waals surface area contributed by atoms with Crippen LogP contribution in [0.25, 0.3) is 53.2 Å². The predicted molar refractivity (Wildman–Crippen MR) is 170 cm³/mol. The van der Waals surface area contributed by atoms with Crippen LogP contribution in [0.1, 0.15) is 0 Å². The van der Waals surface area contributed by atoms with Gasteiger partial charge in [-0.25, -0.2) is 0 Å². The molecule has 40 heavy (non-hydrogen) atoms. The van der Waals surface area contributed by atoms with Gasteiger partial charge in [-0.1, -0.05) is 60.1 Å². The van der Waals surface area contributed by atoms with Crippen LogP contribution in [0.3, 0.4) is 0 Å². The van der Waals surface area contributed by atoms with Crippen LogP contribution in [-0.4, -0.2) is 4.98 Å². The van der Waals surface area contributed by atoms with Gasteiger partial charge in [0.25, 0.3) is 0 Å². The van der Waals surface area contributed by atoms with Crippen LogP contribution in [0, 0.1) is 0 Å². The Hall–Kier alpha value is -4.64. The van der Waals surface area contributed by atoms with Gasteiger partial charge in [0.1, 0.15) is 11.2 Å². The lowest BCUT2D eigenvalue weighted by molar-refractivity contribution is 0.669. The van der Waals surface area contributed by atoms with Crippen molar-refractivity contribution in [2.24, 2.45) is 0 Å². The number of nitrogens with zero attached hydrogens (tertiary/aromatic N) is 2. The van der Waals surface area contributed by atoms with Crippen molar-refractivity contribution < 1.29 is 4.42 Å². The SMILES string of the molecule is Clc1cccc2c1sc1ccc(N(c3ccc(-c4cccnc4)cc3)c3ccc4oc5ccccc5c4c3)cc12. The van der Waals surface area contributed by atoms with Gasteiger partial charge in [-0.15, -0.1) is 11.3 Å². The largest absolute Gasteiger partial charge is 0.456 e. The van der Waals surface area contributed by atoms with E-state index in [1.165, 1.54) is 15.5 Å². The quantitative estimate of drug-likeness (QED) is 0.217. The van der Waals surface area contributed by atoms with Gasteiger partial charge in [0.2, 0.25) is 0 Å². The molecule has 0 saturated carbocycles. The fourth-order valence-electron chi connectivity index (χ4n) is 5.53. The number of hydrogen-bond donors (Lipinski definition) is 0. The first-order chi connectivity index (χ1) is 19.7. The Balaban J connectivity index is 1.34. The van der Waals surface area contributed by atoms with E-state index in [1.807, 2.05) is 36.5 Å². The molecule has 0 amide bonds. The molecule has 0 spiro atoms. The van der Waals surface area contributed by atoms with E-state index >= 15 is 0 Å². The highest BCUT2D eigenvalue weighted by atomic mass is 35.5. The smallest absolute Gasteiger partial charge is 0.135 e. The van der Waals surface area contributed by atoms with Gasteiger partial charge in [-0.3, -0.25) is 4.98 Å². The summed E-state index contributed by atoms with van der Waals surface area (Å²) in [5, 5.41) is 5.38. The normalized spacial score (nSPS) is 11.6. The van der Waals surface area contributed by atoms with Crippen molar-refractivity contribution in [3.05, 3.63) is 133 Å². The van der Waals surface area contributed by atoms with Gasteiger partial charge in [-0.2, -0.15) is 0 Å². The minimum Gasteiger partial charge on any atom is -0.456 e. The van der Waals surface area contributed by atoms with E-state index in [-0.39, 0.29) is 0 Å². The summed E-state index contributed by atoms with van der Waals surface area (Å²) >= 11 is 8.30. The van der Waals surface area contributed by atoms with Gasteiger partial charge in [0, 0.05) is 55.7 Å². The molecule has 190 valence electrons. The average molecular weight is 553 g/mol. The first-order valence-electron chi connectivity index (χ1n) is 13.1. The Morgan fingerprint density at radius 3 is 2.20 bits per heavy atom. The van der Waals surface area contributed by atoms with Gasteiger partial charge < -0.3 is 9.32 Å². The highest BCUT2D eigenvalue weighted by Crippen LogP contribution is 2.43. The fourth-order valence-corrected chi connectivity index (χ4v) is 6.91. The van der Waals surface area contributed by atoms with Crippen molar-refractivity contribution in [2.45, 2.75) is 0 Å². The molecule has 5 heteroatoms. The Morgan fingerprint density at radius 1 is 0.600 bits per heavy atom. The van der Waals surface area contributed by atoms with Crippen LogP contribution < -0.4 is 4.90 Å². The number of halogens is 1. The third-order valence-electron chi connectivity index (χ3n) is 7.43. The molecular weight excluding hydrogens is 532 g/mol. The number of hydrogen-bond acceptors (Lipinski definition) is 4. The minimum absolute atomic E-state index is 0.792. The zero-order valence-corrected chi connectivity index (χ0v) is 22.8. The summed E-state index contributed by atoms with van der Waals surface area (Å²) in [7, 11) is 0. The molecule has 0 N–H and O–H groups in total. The van der Waals surface area contributed by atoms with Crippen LogP contribution >= 0.6 is 22.9 Å². The molecule has 0 unspecified atom stereocenters. The Labute approximate surface area is 239 Å². The summed E-state index contributed by atoms with van der Waals surface area (Å²) in [5.41, 5.74) is 7.20. The van der Waals surface area contributed by atoms with E-state index < -0.39 is 0 Å². The first kappa shape index (κ1) is 23.3. The molecular formula is C35H21ClN2OS. The standard InChI is InChI=1S/C35H21ClN2OS/c36-31-8-3-7-28-30-20-26(15-17-34(30)40-35(28)31)38(24-12-10-22(11-13-24)23-5-4-18-37-21-23)25-14-16-33-29(19-25)27-6-1-2-9-32(27)39-33/h1-21H. The van der Waals surface area contributed by atoms with E-state index in [1.54, 1.807) is 17.5 Å². The maximum atomic E-state index is 6.57. The number of rotatable bonds is 4. The molecule has 3 heterocycles. The van der Waals surface area contributed by atoms with E-state index in [2.05, 4.69) is 94.8 Å². The number of furan rings is 1. The number of benzene rings is 5. The lowest BCUT2D eigenvalue weighted by Crippen LogP contribution is -2.09. The molecule has 3 nitrogen and oxygen atoms in total. The number of anilines is 3. The van der Waals surface area contributed by atoms with Crippen LogP contribution in [0.15, 0.2) is 132 Å². The van der Waals surface area contributed by atoms with Crippen LogP contribution in [-0.2, 0) is 0 Å². The summed E-state index contributed by atoms with van der Waals surface area (Å²) < 4.78 is 8.47. The fraction of sp³-hybridized carbons (Fsp3) is 0. The van der Waals surface area contributed by atoms with Crippen LogP contribution in [0.5, 0.6) is 0 Å². The Bertz CT molecular complexity index is 2180. The maximum Gasteiger partial charge on any atom is 0.135 e. The number of pyridine rings is 1. The molecule has 0 bridgehead atoms. The molecule has 3 aromatic heterocycles. The second kappa shape index (κ2) is 9.23. The van der Waals surface area contributed by atoms with Crippen LogP contribution in [0.2, 0.25) is 5.02 Å². The summed E-state index contributed by atoms with van der Waals surface area (Å²) in [6.45, 7) is 0. The summed E-state index contributed by atoms with van der Waals surface area (Å²) in [4.78, 5) is 6.60. The number of para-hydroxylation sites is 1. The van der Waals surface area contributed by atoms with Crippen molar-refractivity contribution in [3.8, 4) is 11.1 Å². The van der Waals surface area contributed by atoms with Crippen molar-refractivity contribution in [1.29, 1.82) is 0 Å².